The Morgan fingerprint density at radius 1 is 1.08 bits per heavy atom. The summed E-state index contributed by atoms with van der Waals surface area (Å²) in [5.74, 6) is 1.03. The first-order valence-corrected chi connectivity index (χ1v) is 8.13. The zero-order valence-corrected chi connectivity index (χ0v) is 14.1. The lowest BCUT2D eigenvalue weighted by Gasteiger charge is -2.13. The number of esters is 1. The van der Waals surface area contributed by atoms with E-state index in [4.69, 9.17) is 14.2 Å². The fourth-order valence-corrected chi connectivity index (χ4v) is 2.75. The van der Waals surface area contributed by atoms with Crippen LogP contribution < -0.4 is 4.74 Å². The second kappa shape index (κ2) is 7.49. The molecule has 0 aromatic heterocycles. The Balaban J connectivity index is 1.80. The minimum Gasteiger partial charge on any atom is -0.467 e. The molecule has 0 bridgehead atoms. The highest BCUT2D eigenvalue weighted by molar-refractivity contribution is 5.89. The maximum Gasteiger partial charge on any atom is 0.337 e. The molecule has 3 rings (SSSR count). The molecule has 0 amide bonds. The largest absolute Gasteiger partial charge is 0.467 e. The molecule has 0 aliphatic heterocycles. The van der Waals surface area contributed by atoms with E-state index in [0.717, 1.165) is 17.9 Å². The predicted molar refractivity (Wildman–Crippen MR) is 91.5 cm³/mol. The molecule has 2 aromatic rings. The van der Waals surface area contributed by atoms with Gasteiger partial charge in [-0.1, -0.05) is 30.3 Å². The van der Waals surface area contributed by atoms with E-state index in [-0.39, 0.29) is 12.8 Å². The van der Waals surface area contributed by atoms with Gasteiger partial charge in [0.1, 0.15) is 5.75 Å². The van der Waals surface area contributed by atoms with Crippen molar-refractivity contribution in [1.29, 1.82) is 0 Å². The molecule has 4 heteroatoms. The maximum atomic E-state index is 11.7. The van der Waals surface area contributed by atoms with Crippen LogP contribution in [0.5, 0.6) is 5.75 Å². The molecule has 1 aliphatic rings. The molecule has 4 nitrogen and oxygen atoms in total. The van der Waals surface area contributed by atoms with Crippen LogP contribution in [0, 0.1) is 0 Å². The normalized spacial score (nSPS) is 13.6. The van der Waals surface area contributed by atoms with E-state index in [1.165, 1.54) is 31.1 Å². The number of benzene rings is 2. The third-order valence-electron chi connectivity index (χ3n) is 4.24. The Labute approximate surface area is 142 Å². The van der Waals surface area contributed by atoms with Crippen molar-refractivity contribution in [2.45, 2.75) is 25.2 Å². The van der Waals surface area contributed by atoms with Gasteiger partial charge in [0.15, 0.2) is 6.79 Å². The Hall–Kier alpha value is -2.33. The smallest absolute Gasteiger partial charge is 0.337 e. The maximum absolute atomic E-state index is 11.7. The fourth-order valence-electron chi connectivity index (χ4n) is 2.75. The molecule has 1 saturated carbocycles. The highest BCUT2D eigenvalue weighted by Crippen LogP contribution is 2.40. The lowest BCUT2D eigenvalue weighted by molar-refractivity contribution is 0.0498. The SMILES string of the molecule is COCOc1cc(C(=O)OC)ccc1Cc1ccc(C2CC2)cc1. The molecule has 0 N–H and O–H groups in total. The lowest BCUT2D eigenvalue weighted by Crippen LogP contribution is -2.06. The van der Waals surface area contributed by atoms with Crippen molar-refractivity contribution >= 4 is 5.97 Å². The van der Waals surface area contributed by atoms with Crippen LogP contribution in [0.25, 0.3) is 0 Å². The van der Waals surface area contributed by atoms with E-state index in [1.54, 1.807) is 19.2 Å². The molecular weight excluding hydrogens is 304 g/mol. The van der Waals surface area contributed by atoms with Crippen molar-refractivity contribution in [2.75, 3.05) is 21.0 Å². The molecular formula is C20H22O4. The van der Waals surface area contributed by atoms with E-state index < -0.39 is 0 Å². The number of hydrogen-bond donors (Lipinski definition) is 0. The number of rotatable bonds is 7. The summed E-state index contributed by atoms with van der Waals surface area (Å²) in [4.78, 5) is 11.7. The van der Waals surface area contributed by atoms with Crippen LogP contribution >= 0.6 is 0 Å². The van der Waals surface area contributed by atoms with E-state index in [1.807, 2.05) is 6.07 Å². The molecule has 1 fully saturated rings. The van der Waals surface area contributed by atoms with Crippen LogP contribution in [0.3, 0.4) is 0 Å². The standard InChI is InChI=1S/C20H22O4/c1-22-13-24-19-12-18(20(21)23-2)10-9-17(19)11-14-3-5-15(6-4-14)16-7-8-16/h3-6,9-10,12,16H,7-8,11,13H2,1-2H3. The van der Waals surface area contributed by atoms with E-state index in [0.29, 0.717) is 11.3 Å². The molecule has 126 valence electrons. The van der Waals surface area contributed by atoms with Crippen LogP contribution in [0.2, 0.25) is 0 Å². The molecule has 0 radical (unpaired) electrons. The number of hydrogen-bond acceptors (Lipinski definition) is 4. The molecule has 0 heterocycles. The third kappa shape index (κ3) is 3.95. The van der Waals surface area contributed by atoms with E-state index >= 15 is 0 Å². The van der Waals surface area contributed by atoms with Gasteiger partial charge in [0, 0.05) is 13.5 Å². The zero-order valence-electron chi connectivity index (χ0n) is 14.1. The van der Waals surface area contributed by atoms with Crippen molar-refractivity contribution < 1.29 is 19.0 Å². The first kappa shape index (κ1) is 16.5. The molecule has 0 saturated heterocycles. The Kier molecular flexibility index (Phi) is 5.16. The van der Waals surface area contributed by atoms with Gasteiger partial charge in [0.2, 0.25) is 0 Å². The summed E-state index contributed by atoms with van der Waals surface area (Å²) in [5, 5.41) is 0. The summed E-state index contributed by atoms with van der Waals surface area (Å²) in [6, 6.07) is 14.1. The van der Waals surface area contributed by atoms with Crippen molar-refractivity contribution in [2.24, 2.45) is 0 Å². The van der Waals surface area contributed by atoms with Gasteiger partial charge in [-0.2, -0.15) is 0 Å². The Morgan fingerprint density at radius 3 is 2.46 bits per heavy atom. The highest BCUT2D eigenvalue weighted by Gasteiger charge is 2.23. The highest BCUT2D eigenvalue weighted by atomic mass is 16.7. The van der Waals surface area contributed by atoms with Crippen LogP contribution in [0.4, 0.5) is 0 Å². The second-order valence-electron chi connectivity index (χ2n) is 6.06. The van der Waals surface area contributed by atoms with E-state index in [2.05, 4.69) is 24.3 Å². The Morgan fingerprint density at radius 2 is 1.83 bits per heavy atom. The van der Waals surface area contributed by atoms with Gasteiger partial charge in [-0.15, -0.1) is 0 Å². The number of carbonyl (C=O) groups is 1. The van der Waals surface area contributed by atoms with Gasteiger partial charge in [-0.25, -0.2) is 4.79 Å². The summed E-state index contributed by atoms with van der Waals surface area (Å²) in [5.41, 5.74) is 4.12. The number of methoxy groups -OCH3 is 2. The summed E-state index contributed by atoms with van der Waals surface area (Å²) in [6.45, 7) is 0.137. The first-order valence-electron chi connectivity index (χ1n) is 8.13. The monoisotopic (exact) mass is 326 g/mol. The van der Waals surface area contributed by atoms with Crippen molar-refractivity contribution in [3.8, 4) is 5.75 Å². The first-order chi connectivity index (χ1) is 11.7. The topological polar surface area (TPSA) is 44.8 Å². The quantitative estimate of drug-likeness (QED) is 0.571. The Bertz CT molecular complexity index is 702. The van der Waals surface area contributed by atoms with Gasteiger partial charge in [-0.3, -0.25) is 0 Å². The van der Waals surface area contributed by atoms with Gasteiger partial charge in [0.05, 0.1) is 12.7 Å². The van der Waals surface area contributed by atoms with Crippen LogP contribution in [0.15, 0.2) is 42.5 Å². The molecule has 24 heavy (non-hydrogen) atoms. The lowest BCUT2D eigenvalue weighted by atomic mass is 10.0. The minimum atomic E-state index is -0.377. The van der Waals surface area contributed by atoms with Crippen molar-refractivity contribution in [3.63, 3.8) is 0 Å². The summed E-state index contributed by atoms with van der Waals surface area (Å²) < 4.78 is 15.4. The molecule has 1 aliphatic carbocycles. The van der Waals surface area contributed by atoms with Gasteiger partial charge >= 0.3 is 5.97 Å². The molecule has 0 unspecified atom stereocenters. The fraction of sp³-hybridized carbons (Fsp3) is 0.350. The molecule has 0 atom stereocenters. The van der Waals surface area contributed by atoms with Gasteiger partial charge in [0.25, 0.3) is 0 Å². The molecule has 0 spiro atoms. The summed E-state index contributed by atoms with van der Waals surface area (Å²) >= 11 is 0. The van der Waals surface area contributed by atoms with Crippen LogP contribution in [0.1, 0.15) is 45.8 Å². The predicted octanol–water partition coefficient (Wildman–Crippen LogP) is 3.92. The summed E-state index contributed by atoms with van der Waals surface area (Å²) in [6.07, 6.45) is 3.36. The van der Waals surface area contributed by atoms with Gasteiger partial charge in [-0.05, 0) is 47.6 Å². The van der Waals surface area contributed by atoms with Crippen LogP contribution in [-0.4, -0.2) is 27.0 Å². The van der Waals surface area contributed by atoms with Gasteiger partial charge < -0.3 is 14.2 Å². The molecule has 2 aromatic carbocycles. The average molecular weight is 326 g/mol. The number of ether oxygens (including phenoxy) is 3. The van der Waals surface area contributed by atoms with Crippen molar-refractivity contribution in [1.82, 2.24) is 0 Å². The summed E-state index contributed by atoms with van der Waals surface area (Å²) in [7, 11) is 2.94. The zero-order chi connectivity index (χ0) is 16.9. The van der Waals surface area contributed by atoms with E-state index in [9.17, 15) is 4.79 Å². The number of carbonyl (C=O) groups excluding carboxylic acids is 1. The van der Waals surface area contributed by atoms with Crippen molar-refractivity contribution in [3.05, 3.63) is 64.7 Å². The average Bonchev–Trinajstić information content (AvgIpc) is 3.46. The minimum absolute atomic E-state index is 0.137. The van der Waals surface area contributed by atoms with Crippen LogP contribution in [-0.2, 0) is 15.9 Å². The second-order valence-corrected chi connectivity index (χ2v) is 6.06. The third-order valence-corrected chi connectivity index (χ3v) is 4.24.